The Kier molecular flexibility index (Phi) is 5.22. The average Bonchev–Trinajstić information content (AvgIpc) is 2.72. The Morgan fingerprint density at radius 3 is 2.88 bits per heavy atom. The maximum Gasteiger partial charge on any atom is 0.228 e. The van der Waals surface area contributed by atoms with Crippen LogP contribution in [-0.2, 0) is 9.53 Å². The van der Waals surface area contributed by atoms with Gasteiger partial charge >= 0.3 is 0 Å². The van der Waals surface area contributed by atoms with Crippen LogP contribution in [0.4, 0.5) is 0 Å². The highest BCUT2D eigenvalue weighted by Gasteiger charge is 2.34. The molecule has 0 bridgehead atoms. The molecule has 3 unspecified atom stereocenters. The summed E-state index contributed by atoms with van der Waals surface area (Å²) in [5.74, 6) is 0.271. The topological polar surface area (TPSA) is 55.6 Å². The van der Waals surface area contributed by atoms with Crippen molar-refractivity contribution in [3.05, 3.63) is 0 Å². The highest BCUT2D eigenvalue weighted by atomic mass is 16.5. The van der Waals surface area contributed by atoms with Crippen LogP contribution in [0.2, 0.25) is 0 Å². The quantitative estimate of drug-likeness (QED) is 0.763. The van der Waals surface area contributed by atoms with Crippen LogP contribution in [0.15, 0.2) is 0 Å². The third kappa shape index (κ3) is 3.46. The molecule has 0 aromatic heterocycles. The molecular weight excluding hydrogens is 204 g/mol. The van der Waals surface area contributed by atoms with E-state index in [9.17, 15) is 4.79 Å². The van der Waals surface area contributed by atoms with Gasteiger partial charge in [-0.2, -0.15) is 0 Å². The maximum atomic E-state index is 12.1. The van der Waals surface area contributed by atoms with Crippen LogP contribution in [0.25, 0.3) is 0 Å². The van der Waals surface area contributed by atoms with E-state index in [4.69, 9.17) is 10.5 Å². The van der Waals surface area contributed by atoms with Crippen LogP contribution in [-0.4, -0.2) is 43.2 Å². The summed E-state index contributed by atoms with van der Waals surface area (Å²) in [6.45, 7) is 5.49. The lowest BCUT2D eigenvalue weighted by molar-refractivity contribution is -0.136. The van der Waals surface area contributed by atoms with E-state index in [2.05, 4.69) is 6.92 Å². The van der Waals surface area contributed by atoms with Crippen LogP contribution in [0.3, 0.4) is 0 Å². The minimum absolute atomic E-state index is 0.0584. The first-order valence-electron chi connectivity index (χ1n) is 6.18. The Bertz CT molecular complexity index is 231. The highest BCUT2D eigenvalue weighted by Crippen LogP contribution is 2.25. The van der Waals surface area contributed by atoms with Gasteiger partial charge in [-0.05, 0) is 26.2 Å². The molecule has 1 saturated heterocycles. The van der Waals surface area contributed by atoms with E-state index >= 15 is 0 Å². The molecule has 1 amide bonds. The van der Waals surface area contributed by atoms with E-state index in [0.717, 1.165) is 32.4 Å². The second-order valence-electron chi connectivity index (χ2n) is 4.74. The Morgan fingerprint density at radius 2 is 2.31 bits per heavy atom. The van der Waals surface area contributed by atoms with Crippen molar-refractivity contribution >= 4 is 5.91 Å². The van der Waals surface area contributed by atoms with Crippen LogP contribution in [0.1, 0.15) is 33.1 Å². The van der Waals surface area contributed by atoms with Crippen LogP contribution < -0.4 is 5.73 Å². The second-order valence-corrected chi connectivity index (χ2v) is 4.74. The highest BCUT2D eigenvalue weighted by molar-refractivity contribution is 5.79. The summed E-state index contributed by atoms with van der Waals surface area (Å²) in [6.07, 6.45) is 2.74. The predicted octanol–water partition coefficient (Wildman–Crippen LogP) is 0.997. The Balaban J connectivity index is 2.43. The molecule has 4 nitrogen and oxygen atoms in total. The number of nitrogens with zero attached hydrogens (tertiary/aromatic N) is 1. The van der Waals surface area contributed by atoms with Crippen molar-refractivity contribution < 1.29 is 9.53 Å². The average molecular weight is 228 g/mol. The molecule has 1 heterocycles. The Labute approximate surface area is 98.1 Å². The van der Waals surface area contributed by atoms with Gasteiger partial charge in [0.15, 0.2) is 0 Å². The second kappa shape index (κ2) is 6.21. The predicted molar refractivity (Wildman–Crippen MR) is 64.0 cm³/mol. The van der Waals surface area contributed by atoms with E-state index < -0.39 is 0 Å². The third-order valence-corrected chi connectivity index (χ3v) is 3.23. The first-order valence-corrected chi connectivity index (χ1v) is 6.18. The molecule has 1 fully saturated rings. The molecule has 4 heteroatoms. The molecule has 0 aromatic rings. The largest absolute Gasteiger partial charge is 0.377 e. The lowest BCUT2D eigenvalue weighted by Crippen LogP contribution is -2.38. The molecule has 0 spiro atoms. The van der Waals surface area contributed by atoms with Gasteiger partial charge in [0.25, 0.3) is 0 Å². The molecular formula is C12H24N2O2. The lowest BCUT2D eigenvalue weighted by atomic mass is 9.98. The molecule has 16 heavy (non-hydrogen) atoms. The summed E-state index contributed by atoms with van der Waals surface area (Å²) in [6, 6.07) is 0.150. The van der Waals surface area contributed by atoms with Gasteiger partial charge < -0.3 is 15.4 Å². The van der Waals surface area contributed by atoms with Gasteiger partial charge in [-0.3, -0.25) is 4.79 Å². The summed E-state index contributed by atoms with van der Waals surface area (Å²) in [7, 11) is 1.86. The molecule has 2 N–H and O–H groups in total. The number of rotatable bonds is 5. The minimum atomic E-state index is 0.0584. The fourth-order valence-corrected chi connectivity index (χ4v) is 2.12. The first kappa shape index (κ1) is 13.5. The molecule has 1 rings (SSSR count). The first-order chi connectivity index (χ1) is 7.56. The summed E-state index contributed by atoms with van der Waals surface area (Å²) < 4.78 is 5.54. The van der Waals surface area contributed by atoms with Crippen LogP contribution in [0, 0.1) is 5.92 Å². The number of amides is 1. The van der Waals surface area contributed by atoms with Gasteiger partial charge in [0.05, 0.1) is 12.0 Å². The molecule has 0 saturated carbocycles. The number of hydrogen-bond acceptors (Lipinski definition) is 3. The summed E-state index contributed by atoms with van der Waals surface area (Å²) in [5, 5.41) is 0. The molecule has 0 radical (unpaired) electrons. The minimum Gasteiger partial charge on any atom is -0.377 e. The van der Waals surface area contributed by atoms with Gasteiger partial charge in [0.2, 0.25) is 5.91 Å². The van der Waals surface area contributed by atoms with Crippen molar-refractivity contribution in [2.45, 2.75) is 45.3 Å². The van der Waals surface area contributed by atoms with Gasteiger partial charge in [-0.25, -0.2) is 0 Å². The maximum absolute atomic E-state index is 12.1. The van der Waals surface area contributed by atoms with Gasteiger partial charge in [-0.15, -0.1) is 0 Å². The smallest absolute Gasteiger partial charge is 0.228 e. The fraction of sp³-hybridized carbons (Fsp3) is 0.917. The SMILES string of the molecule is CCC1OCCC1C(=O)N(C)CCC(C)N. The molecule has 3 atom stereocenters. The van der Waals surface area contributed by atoms with Crippen molar-refractivity contribution in [1.82, 2.24) is 4.90 Å². The summed E-state index contributed by atoms with van der Waals surface area (Å²) in [5.41, 5.74) is 5.69. The summed E-state index contributed by atoms with van der Waals surface area (Å²) >= 11 is 0. The number of nitrogens with two attached hydrogens (primary N) is 1. The Hall–Kier alpha value is -0.610. The van der Waals surface area contributed by atoms with Gasteiger partial charge in [0, 0.05) is 26.2 Å². The molecule has 1 aliphatic rings. The Morgan fingerprint density at radius 1 is 1.62 bits per heavy atom. The number of carbonyl (C=O) groups excluding carboxylic acids is 1. The van der Waals surface area contributed by atoms with E-state index in [1.165, 1.54) is 0 Å². The lowest BCUT2D eigenvalue weighted by Gasteiger charge is -2.24. The van der Waals surface area contributed by atoms with Crippen molar-refractivity contribution in [2.75, 3.05) is 20.2 Å². The zero-order valence-corrected chi connectivity index (χ0v) is 10.6. The number of ether oxygens (including phenoxy) is 1. The number of hydrogen-bond donors (Lipinski definition) is 1. The number of carbonyl (C=O) groups is 1. The van der Waals surface area contributed by atoms with Gasteiger partial charge in [0.1, 0.15) is 0 Å². The van der Waals surface area contributed by atoms with E-state index in [0.29, 0.717) is 0 Å². The fourth-order valence-electron chi connectivity index (χ4n) is 2.12. The standard InChI is InChI=1S/C12H24N2O2/c1-4-11-10(6-8-16-11)12(15)14(3)7-5-9(2)13/h9-11H,4-8,13H2,1-3H3. The summed E-state index contributed by atoms with van der Waals surface area (Å²) in [4.78, 5) is 13.9. The zero-order valence-electron chi connectivity index (χ0n) is 10.6. The van der Waals surface area contributed by atoms with E-state index in [1.54, 1.807) is 4.90 Å². The normalized spacial score (nSPS) is 26.8. The van der Waals surface area contributed by atoms with Crippen molar-refractivity contribution in [2.24, 2.45) is 11.7 Å². The molecule has 0 aliphatic carbocycles. The molecule has 0 aromatic carbocycles. The van der Waals surface area contributed by atoms with Crippen LogP contribution in [0.5, 0.6) is 0 Å². The van der Waals surface area contributed by atoms with E-state index in [-0.39, 0.29) is 24.0 Å². The van der Waals surface area contributed by atoms with E-state index in [1.807, 2.05) is 14.0 Å². The van der Waals surface area contributed by atoms with Gasteiger partial charge in [-0.1, -0.05) is 6.92 Å². The molecule has 1 aliphatic heterocycles. The monoisotopic (exact) mass is 228 g/mol. The van der Waals surface area contributed by atoms with Crippen molar-refractivity contribution in [1.29, 1.82) is 0 Å². The van der Waals surface area contributed by atoms with Crippen LogP contribution >= 0.6 is 0 Å². The van der Waals surface area contributed by atoms with Crippen molar-refractivity contribution in [3.8, 4) is 0 Å². The zero-order chi connectivity index (χ0) is 12.1. The molecule has 94 valence electrons. The third-order valence-electron chi connectivity index (χ3n) is 3.23. The van der Waals surface area contributed by atoms with Crippen molar-refractivity contribution in [3.63, 3.8) is 0 Å².